The Kier molecular flexibility index (Phi) is 3.78. The van der Waals surface area contributed by atoms with Crippen molar-refractivity contribution < 1.29 is 18.4 Å². The topological polar surface area (TPSA) is 61.9 Å². The van der Waals surface area contributed by atoms with Gasteiger partial charge in [-0.1, -0.05) is 5.16 Å². The summed E-state index contributed by atoms with van der Waals surface area (Å²) in [6, 6.07) is 0. The van der Waals surface area contributed by atoms with Crippen molar-refractivity contribution in [3.8, 4) is 0 Å². The zero-order valence-electron chi connectivity index (χ0n) is 8.17. The molecular formula is C8H14F3N3O. The fourth-order valence-electron chi connectivity index (χ4n) is 1.72. The van der Waals surface area contributed by atoms with Crippen LogP contribution in [-0.4, -0.2) is 41.8 Å². The first-order valence-corrected chi connectivity index (χ1v) is 4.69. The second-order valence-electron chi connectivity index (χ2n) is 3.69. The van der Waals surface area contributed by atoms with Crippen LogP contribution in [0.4, 0.5) is 13.2 Å². The minimum absolute atomic E-state index is 0.0977. The molecule has 1 fully saturated rings. The first-order valence-electron chi connectivity index (χ1n) is 4.69. The molecule has 0 atom stereocenters. The van der Waals surface area contributed by atoms with Crippen LogP contribution in [0.5, 0.6) is 0 Å². The van der Waals surface area contributed by atoms with Gasteiger partial charge in [-0.2, -0.15) is 13.2 Å². The zero-order chi connectivity index (χ0) is 11.5. The summed E-state index contributed by atoms with van der Waals surface area (Å²) in [6.07, 6.45) is -3.14. The van der Waals surface area contributed by atoms with E-state index in [9.17, 15) is 13.2 Å². The van der Waals surface area contributed by atoms with Crippen molar-refractivity contribution in [2.24, 2.45) is 16.8 Å². The number of rotatable bonds is 2. The standard InChI is InChI=1S/C8H14F3N3O/c9-8(10,11)5-14-3-1-6(2-4-14)7(12)13-15/h6,15H,1-5H2,(H2,12,13). The Labute approximate surface area is 85.5 Å². The van der Waals surface area contributed by atoms with Crippen LogP contribution in [0, 0.1) is 5.92 Å². The predicted molar refractivity (Wildman–Crippen MR) is 48.6 cm³/mol. The summed E-state index contributed by atoms with van der Waals surface area (Å²) in [4.78, 5) is 1.33. The molecule has 1 heterocycles. The molecule has 1 aliphatic rings. The normalized spacial score (nSPS) is 21.9. The van der Waals surface area contributed by atoms with Crippen LogP contribution in [0.15, 0.2) is 5.16 Å². The molecule has 0 spiro atoms. The maximum Gasteiger partial charge on any atom is 0.401 e. The molecule has 0 amide bonds. The van der Waals surface area contributed by atoms with Gasteiger partial charge in [-0.3, -0.25) is 4.90 Å². The van der Waals surface area contributed by atoms with E-state index in [0.29, 0.717) is 25.9 Å². The van der Waals surface area contributed by atoms with Crippen molar-refractivity contribution in [3.05, 3.63) is 0 Å². The minimum atomic E-state index is -4.15. The Balaban J connectivity index is 2.36. The molecule has 0 aromatic heterocycles. The SMILES string of the molecule is NC(=NO)C1CCN(CC(F)(F)F)CC1. The number of nitrogens with two attached hydrogens (primary N) is 1. The molecule has 0 aliphatic carbocycles. The molecule has 0 aromatic carbocycles. The molecule has 15 heavy (non-hydrogen) atoms. The summed E-state index contributed by atoms with van der Waals surface area (Å²) in [6.45, 7) is -0.212. The van der Waals surface area contributed by atoms with Gasteiger partial charge in [0.2, 0.25) is 0 Å². The van der Waals surface area contributed by atoms with Gasteiger partial charge in [-0.15, -0.1) is 0 Å². The van der Waals surface area contributed by atoms with Gasteiger partial charge >= 0.3 is 6.18 Å². The van der Waals surface area contributed by atoms with Gasteiger partial charge in [-0.05, 0) is 25.9 Å². The van der Waals surface area contributed by atoms with E-state index >= 15 is 0 Å². The lowest BCUT2D eigenvalue weighted by Gasteiger charge is -2.31. The summed E-state index contributed by atoms with van der Waals surface area (Å²) < 4.78 is 36.1. The van der Waals surface area contributed by atoms with E-state index in [2.05, 4.69) is 5.16 Å². The molecule has 0 aromatic rings. The number of likely N-dealkylation sites (tertiary alicyclic amines) is 1. The van der Waals surface area contributed by atoms with Gasteiger partial charge in [0.05, 0.1) is 6.54 Å². The molecule has 88 valence electrons. The number of amidine groups is 1. The lowest BCUT2D eigenvalue weighted by molar-refractivity contribution is -0.148. The van der Waals surface area contributed by atoms with Crippen LogP contribution < -0.4 is 5.73 Å². The molecule has 1 aliphatic heterocycles. The minimum Gasteiger partial charge on any atom is -0.409 e. The van der Waals surface area contributed by atoms with E-state index in [1.54, 1.807) is 0 Å². The van der Waals surface area contributed by atoms with Gasteiger partial charge in [0.15, 0.2) is 0 Å². The molecule has 1 saturated heterocycles. The second kappa shape index (κ2) is 4.69. The number of nitrogens with zero attached hydrogens (tertiary/aromatic N) is 2. The van der Waals surface area contributed by atoms with Gasteiger partial charge in [0.25, 0.3) is 0 Å². The van der Waals surface area contributed by atoms with Crippen molar-refractivity contribution in [1.82, 2.24) is 4.90 Å². The van der Waals surface area contributed by atoms with Crippen LogP contribution in [0.25, 0.3) is 0 Å². The first-order chi connectivity index (χ1) is 6.92. The lowest BCUT2D eigenvalue weighted by Crippen LogP contribution is -2.42. The van der Waals surface area contributed by atoms with Gasteiger partial charge < -0.3 is 10.9 Å². The number of halogens is 3. The molecule has 0 saturated carbocycles. The summed E-state index contributed by atoms with van der Waals surface area (Å²) >= 11 is 0. The Morgan fingerprint density at radius 2 is 1.93 bits per heavy atom. The van der Waals surface area contributed by atoms with Gasteiger partial charge in [0.1, 0.15) is 5.84 Å². The highest BCUT2D eigenvalue weighted by Gasteiger charge is 2.33. The van der Waals surface area contributed by atoms with E-state index < -0.39 is 12.7 Å². The second-order valence-corrected chi connectivity index (χ2v) is 3.69. The predicted octanol–water partition coefficient (Wildman–Crippen LogP) is 1.01. The summed E-state index contributed by atoms with van der Waals surface area (Å²) in [5, 5.41) is 11.3. The Hall–Kier alpha value is -0.980. The third-order valence-electron chi connectivity index (χ3n) is 2.52. The van der Waals surface area contributed by atoms with Crippen molar-refractivity contribution in [2.75, 3.05) is 19.6 Å². The number of hydrogen-bond donors (Lipinski definition) is 2. The van der Waals surface area contributed by atoms with Crippen LogP contribution in [-0.2, 0) is 0 Å². The number of piperidine rings is 1. The van der Waals surface area contributed by atoms with Crippen LogP contribution >= 0.6 is 0 Å². The van der Waals surface area contributed by atoms with Gasteiger partial charge in [0, 0.05) is 5.92 Å². The average Bonchev–Trinajstić information content (AvgIpc) is 2.15. The first kappa shape index (κ1) is 12.1. The zero-order valence-corrected chi connectivity index (χ0v) is 8.17. The highest BCUT2D eigenvalue weighted by Crippen LogP contribution is 2.22. The fourth-order valence-corrected chi connectivity index (χ4v) is 1.72. The van der Waals surface area contributed by atoms with E-state index in [1.165, 1.54) is 4.90 Å². The summed E-state index contributed by atoms with van der Waals surface area (Å²) in [5.74, 6) is 0.0149. The van der Waals surface area contributed by atoms with E-state index in [4.69, 9.17) is 10.9 Å². The molecule has 1 rings (SSSR count). The van der Waals surface area contributed by atoms with Crippen LogP contribution in [0.1, 0.15) is 12.8 Å². The van der Waals surface area contributed by atoms with E-state index in [1.807, 2.05) is 0 Å². The van der Waals surface area contributed by atoms with Crippen molar-refractivity contribution >= 4 is 5.84 Å². The van der Waals surface area contributed by atoms with Crippen LogP contribution in [0.2, 0.25) is 0 Å². The number of oxime groups is 1. The molecule has 3 N–H and O–H groups in total. The molecule has 7 heteroatoms. The monoisotopic (exact) mass is 225 g/mol. The quantitative estimate of drug-likeness (QED) is 0.319. The van der Waals surface area contributed by atoms with Crippen molar-refractivity contribution in [3.63, 3.8) is 0 Å². The largest absolute Gasteiger partial charge is 0.409 e. The highest BCUT2D eigenvalue weighted by atomic mass is 19.4. The van der Waals surface area contributed by atoms with Crippen molar-refractivity contribution in [1.29, 1.82) is 0 Å². The maximum absolute atomic E-state index is 12.0. The molecule has 0 bridgehead atoms. The lowest BCUT2D eigenvalue weighted by atomic mass is 9.96. The highest BCUT2D eigenvalue weighted by molar-refractivity contribution is 5.82. The Morgan fingerprint density at radius 3 is 2.33 bits per heavy atom. The molecule has 4 nitrogen and oxygen atoms in total. The molecule has 0 radical (unpaired) electrons. The van der Waals surface area contributed by atoms with Crippen LogP contribution in [0.3, 0.4) is 0 Å². The third-order valence-corrected chi connectivity index (χ3v) is 2.52. The van der Waals surface area contributed by atoms with E-state index in [-0.39, 0.29) is 11.8 Å². The third kappa shape index (κ3) is 3.94. The Bertz CT molecular complexity index is 234. The summed E-state index contributed by atoms with van der Waals surface area (Å²) in [7, 11) is 0. The summed E-state index contributed by atoms with van der Waals surface area (Å²) in [5.41, 5.74) is 5.38. The molecule has 0 unspecified atom stereocenters. The maximum atomic E-state index is 12.0. The van der Waals surface area contributed by atoms with Gasteiger partial charge in [-0.25, -0.2) is 0 Å². The smallest absolute Gasteiger partial charge is 0.401 e. The number of alkyl halides is 3. The molecular weight excluding hydrogens is 211 g/mol. The Morgan fingerprint density at radius 1 is 1.40 bits per heavy atom. The van der Waals surface area contributed by atoms with E-state index in [0.717, 1.165) is 0 Å². The van der Waals surface area contributed by atoms with Crippen molar-refractivity contribution in [2.45, 2.75) is 19.0 Å². The number of hydrogen-bond acceptors (Lipinski definition) is 3. The average molecular weight is 225 g/mol. The fraction of sp³-hybridized carbons (Fsp3) is 0.875.